The second-order valence-corrected chi connectivity index (χ2v) is 5.13. The van der Waals surface area contributed by atoms with Crippen molar-refractivity contribution in [2.45, 2.75) is 0 Å². The molecule has 0 fully saturated rings. The van der Waals surface area contributed by atoms with Crippen LogP contribution in [0.1, 0.15) is 0 Å². The molecule has 5 heteroatoms. The Morgan fingerprint density at radius 2 is 1.90 bits per heavy atom. The maximum absolute atomic E-state index is 13.2. The number of ether oxygens (including phenoxy) is 1. The van der Waals surface area contributed by atoms with Crippen LogP contribution in [0.5, 0.6) is 11.6 Å². The van der Waals surface area contributed by atoms with E-state index in [2.05, 4.69) is 20.9 Å². The molecule has 0 saturated heterocycles. The van der Waals surface area contributed by atoms with E-state index in [4.69, 9.17) is 10.5 Å². The van der Waals surface area contributed by atoms with E-state index in [9.17, 15) is 4.39 Å². The molecule has 1 heterocycles. The van der Waals surface area contributed by atoms with Gasteiger partial charge in [-0.15, -0.1) is 0 Å². The second-order valence-electron chi connectivity index (χ2n) is 4.28. The Bertz CT molecular complexity index is 792. The van der Waals surface area contributed by atoms with Gasteiger partial charge in [0.25, 0.3) is 0 Å². The number of rotatable bonds is 2. The summed E-state index contributed by atoms with van der Waals surface area (Å²) in [7, 11) is 0. The number of anilines is 1. The van der Waals surface area contributed by atoms with E-state index in [1.807, 2.05) is 18.2 Å². The zero-order valence-corrected chi connectivity index (χ0v) is 11.9. The predicted octanol–water partition coefficient (Wildman–Crippen LogP) is 4.51. The van der Waals surface area contributed by atoms with Crippen molar-refractivity contribution in [3.63, 3.8) is 0 Å². The number of hydrogen-bond donors (Lipinski definition) is 1. The molecule has 0 aliphatic carbocycles. The monoisotopic (exact) mass is 332 g/mol. The molecule has 20 heavy (non-hydrogen) atoms. The standard InChI is InChI=1S/C15H10BrFN2O/c16-12-4-2-10(17)8-14(12)20-15-6-1-9-7-11(18)3-5-13(9)19-15/h1-8H,18H2. The number of halogens is 2. The molecule has 0 unspecified atom stereocenters. The summed E-state index contributed by atoms with van der Waals surface area (Å²) >= 11 is 3.31. The molecular formula is C15H10BrFN2O. The fourth-order valence-corrected chi connectivity index (χ4v) is 2.18. The number of hydrogen-bond acceptors (Lipinski definition) is 3. The van der Waals surface area contributed by atoms with Crippen LogP contribution in [0, 0.1) is 5.82 Å². The Morgan fingerprint density at radius 3 is 2.75 bits per heavy atom. The van der Waals surface area contributed by atoms with Gasteiger partial charge in [-0.25, -0.2) is 9.37 Å². The topological polar surface area (TPSA) is 48.1 Å². The van der Waals surface area contributed by atoms with Crippen LogP contribution in [0.15, 0.2) is 53.0 Å². The van der Waals surface area contributed by atoms with Crippen LogP contribution >= 0.6 is 15.9 Å². The zero-order valence-electron chi connectivity index (χ0n) is 10.3. The van der Waals surface area contributed by atoms with Gasteiger partial charge in [0.15, 0.2) is 0 Å². The van der Waals surface area contributed by atoms with Gasteiger partial charge in [0.1, 0.15) is 11.6 Å². The van der Waals surface area contributed by atoms with Gasteiger partial charge in [-0.1, -0.05) is 0 Å². The summed E-state index contributed by atoms with van der Waals surface area (Å²) in [5, 5.41) is 0.927. The number of fused-ring (bicyclic) bond motifs is 1. The van der Waals surface area contributed by atoms with Crippen molar-refractivity contribution in [2.75, 3.05) is 5.73 Å². The normalized spacial score (nSPS) is 10.7. The van der Waals surface area contributed by atoms with Crippen LogP contribution in [-0.2, 0) is 0 Å². The van der Waals surface area contributed by atoms with Crippen LogP contribution in [0.2, 0.25) is 0 Å². The molecule has 2 aromatic carbocycles. The van der Waals surface area contributed by atoms with Crippen molar-refractivity contribution in [1.82, 2.24) is 4.98 Å². The molecule has 0 spiro atoms. The Labute approximate surface area is 123 Å². The average Bonchev–Trinajstić information content (AvgIpc) is 2.43. The minimum absolute atomic E-state index is 0.364. The molecule has 2 N–H and O–H groups in total. The SMILES string of the molecule is Nc1ccc2nc(Oc3cc(F)ccc3Br)ccc2c1. The van der Waals surface area contributed by atoms with Crippen molar-refractivity contribution in [3.8, 4) is 11.6 Å². The lowest BCUT2D eigenvalue weighted by Gasteiger charge is -2.08. The Kier molecular flexibility index (Phi) is 3.28. The van der Waals surface area contributed by atoms with Gasteiger partial charge >= 0.3 is 0 Å². The van der Waals surface area contributed by atoms with E-state index in [1.54, 1.807) is 18.2 Å². The third-order valence-electron chi connectivity index (χ3n) is 2.80. The van der Waals surface area contributed by atoms with Crippen molar-refractivity contribution in [2.24, 2.45) is 0 Å². The first-order valence-corrected chi connectivity index (χ1v) is 6.70. The van der Waals surface area contributed by atoms with Crippen molar-refractivity contribution in [3.05, 3.63) is 58.8 Å². The van der Waals surface area contributed by atoms with Gasteiger partial charge in [-0.3, -0.25) is 0 Å². The van der Waals surface area contributed by atoms with Gasteiger partial charge < -0.3 is 10.5 Å². The Balaban J connectivity index is 1.98. The summed E-state index contributed by atoms with van der Waals surface area (Å²) in [4.78, 5) is 4.36. The first-order chi connectivity index (χ1) is 9.61. The lowest BCUT2D eigenvalue weighted by Crippen LogP contribution is -1.91. The van der Waals surface area contributed by atoms with E-state index in [1.165, 1.54) is 12.1 Å². The molecule has 0 radical (unpaired) electrons. The molecule has 0 aliphatic heterocycles. The van der Waals surface area contributed by atoms with Gasteiger partial charge in [0.2, 0.25) is 5.88 Å². The third kappa shape index (κ3) is 2.58. The highest BCUT2D eigenvalue weighted by Crippen LogP contribution is 2.30. The van der Waals surface area contributed by atoms with Crippen LogP contribution in [0.3, 0.4) is 0 Å². The molecule has 0 amide bonds. The summed E-state index contributed by atoms with van der Waals surface area (Å²) < 4.78 is 19.5. The van der Waals surface area contributed by atoms with E-state index in [0.717, 1.165) is 10.9 Å². The highest BCUT2D eigenvalue weighted by Gasteiger charge is 2.06. The Hall–Kier alpha value is -2.14. The van der Waals surface area contributed by atoms with Gasteiger partial charge in [0, 0.05) is 23.2 Å². The zero-order chi connectivity index (χ0) is 14.1. The fourth-order valence-electron chi connectivity index (χ4n) is 1.85. The molecule has 1 aromatic heterocycles. The van der Waals surface area contributed by atoms with E-state index in [-0.39, 0.29) is 5.82 Å². The fraction of sp³-hybridized carbons (Fsp3) is 0. The minimum atomic E-state index is -0.364. The lowest BCUT2D eigenvalue weighted by molar-refractivity contribution is 0.457. The third-order valence-corrected chi connectivity index (χ3v) is 3.45. The first-order valence-electron chi connectivity index (χ1n) is 5.91. The quantitative estimate of drug-likeness (QED) is 0.702. The lowest BCUT2D eigenvalue weighted by atomic mass is 10.2. The van der Waals surface area contributed by atoms with Crippen LogP contribution < -0.4 is 10.5 Å². The maximum atomic E-state index is 13.2. The molecule has 3 nitrogen and oxygen atoms in total. The summed E-state index contributed by atoms with van der Waals surface area (Å²) in [5.74, 6) is 0.414. The number of aromatic nitrogens is 1. The molecule has 100 valence electrons. The second kappa shape index (κ2) is 5.09. The summed E-state index contributed by atoms with van der Waals surface area (Å²) in [6, 6.07) is 13.3. The minimum Gasteiger partial charge on any atom is -0.438 e. The predicted molar refractivity (Wildman–Crippen MR) is 80.3 cm³/mol. The highest BCUT2D eigenvalue weighted by atomic mass is 79.9. The first kappa shape index (κ1) is 12.9. The van der Waals surface area contributed by atoms with Crippen molar-refractivity contribution >= 4 is 32.5 Å². The molecule has 3 rings (SSSR count). The summed E-state index contributed by atoms with van der Waals surface area (Å²) in [6.07, 6.45) is 0. The van der Waals surface area contributed by atoms with Crippen molar-refractivity contribution in [1.29, 1.82) is 0 Å². The molecule has 3 aromatic rings. The number of nitrogens with zero attached hydrogens (tertiary/aromatic N) is 1. The summed E-state index contributed by atoms with van der Waals surface area (Å²) in [6.45, 7) is 0. The molecule has 0 saturated carbocycles. The van der Waals surface area contributed by atoms with Crippen molar-refractivity contribution < 1.29 is 9.13 Å². The molecular weight excluding hydrogens is 323 g/mol. The average molecular weight is 333 g/mol. The van der Waals surface area contributed by atoms with Crippen LogP contribution in [0.4, 0.5) is 10.1 Å². The smallest absolute Gasteiger partial charge is 0.219 e. The van der Waals surface area contributed by atoms with Crippen LogP contribution in [0.25, 0.3) is 10.9 Å². The largest absolute Gasteiger partial charge is 0.438 e. The highest BCUT2D eigenvalue weighted by molar-refractivity contribution is 9.10. The van der Waals surface area contributed by atoms with E-state index in [0.29, 0.717) is 21.8 Å². The number of nitrogen functional groups attached to an aromatic ring is 1. The molecule has 0 atom stereocenters. The Morgan fingerprint density at radius 1 is 1.05 bits per heavy atom. The van der Waals surface area contributed by atoms with E-state index < -0.39 is 0 Å². The number of benzene rings is 2. The van der Waals surface area contributed by atoms with Gasteiger partial charge in [0.05, 0.1) is 9.99 Å². The number of nitrogens with two attached hydrogens (primary N) is 1. The number of pyridine rings is 1. The molecule has 0 aliphatic rings. The maximum Gasteiger partial charge on any atom is 0.219 e. The van der Waals surface area contributed by atoms with Crippen LogP contribution in [-0.4, -0.2) is 4.98 Å². The van der Waals surface area contributed by atoms with Gasteiger partial charge in [-0.2, -0.15) is 0 Å². The van der Waals surface area contributed by atoms with E-state index >= 15 is 0 Å². The van der Waals surface area contributed by atoms with Gasteiger partial charge in [-0.05, 0) is 52.3 Å². The molecule has 0 bridgehead atoms. The summed E-state index contributed by atoms with van der Waals surface area (Å²) in [5.41, 5.74) is 7.16.